The maximum Gasteiger partial charge on any atom is 0.336 e. The number of aryl methyl sites for hydroxylation is 1. The quantitative estimate of drug-likeness (QED) is 0.843. The van der Waals surface area contributed by atoms with E-state index >= 15 is 0 Å². The third-order valence-corrected chi connectivity index (χ3v) is 5.88. The van der Waals surface area contributed by atoms with Crippen LogP contribution in [0, 0.1) is 0 Å². The second-order valence-corrected chi connectivity index (χ2v) is 7.34. The van der Waals surface area contributed by atoms with Gasteiger partial charge in [0.25, 0.3) is 0 Å². The van der Waals surface area contributed by atoms with Crippen LogP contribution in [-0.4, -0.2) is 18.4 Å². The summed E-state index contributed by atoms with van der Waals surface area (Å²) in [6.07, 6.45) is 3.23. The van der Waals surface area contributed by atoms with Gasteiger partial charge in [0.1, 0.15) is 0 Å². The van der Waals surface area contributed by atoms with Gasteiger partial charge in [-0.25, -0.2) is 4.79 Å². The van der Waals surface area contributed by atoms with Crippen LogP contribution < -0.4 is 5.32 Å². The summed E-state index contributed by atoms with van der Waals surface area (Å²) in [6, 6.07) is 4.15. The highest BCUT2D eigenvalue weighted by Gasteiger charge is 2.39. The first kappa shape index (κ1) is 17.0. The Labute approximate surface area is 146 Å². The number of dihydropyridines is 1. The lowest BCUT2D eigenvalue weighted by atomic mass is 9.78. The smallest absolute Gasteiger partial charge is 0.336 e. The molecule has 2 heterocycles. The number of thiophene rings is 1. The second kappa shape index (κ2) is 6.93. The van der Waals surface area contributed by atoms with Crippen molar-refractivity contribution in [2.45, 2.75) is 52.4 Å². The van der Waals surface area contributed by atoms with Gasteiger partial charge >= 0.3 is 5.97 Å². The number of rotatable bonds is 4. The van der Waals surface area contributed by atoms with Crippen molar-refractivity contribution < 1.29 is 14.3 Å². The Kier molecular flexibility index (Phi) is 4.90. The summed E-state index contributed by atoms with van der Waals surface area (Å²) in [7, 11) is 0. The lowest BCUT2D eigenvalue weighted by Crippen LogP contribution is -2.34. The van der Waals surface area contributed by atoms with Gasteiger partial charge < -0.3 is 10.1 Å². The maximum absolute atomic E-state index is 12.7. The SMILES string of the molecule is CCOC(=O)C1=C(C)NC2=C(C(=O)CCC2)[C@@H]1c1ccc(CC)s1. The van der Waals surface area contributed by atoms with Gasteiger partial charge in [-0.2, -0.15) is 0 Å². The van der Waals surface area contributed by atoms with Crippen molar-refractivity contribution in [1.82, 2.24) is 5.32 Å². The minimum Gasteiger partial charge on any atom is -0.463 e. The molecule has 0 bridgehead atoms. The molecule has 4 nitrogen and oxygen atoms in total. The summed E-state index contributed by atoms with van der Waals surface area (Å²) in [6.45, 7) is 6.14. The average molecular weight is 345 g/mol. The van der Waals surface area contributed by atoms with Gasteiger partial charge in [-0.3, -0.25) is 4.79 Å². The Morgan fingerprint density at radius 2 is 2.12 bits per heavy atom. The van der Waals surface area contributed by atoms with Crippen LogP contribution in [0.2, 0.25) is 0 Å². The number of carbonyl (C=O) groups excluding carboxylic acids is 2. The number of ether oxygens (including phenoxy) is 1. The number of hydrogen-bond donors (Lipinski definition) is 1. The summed E-state index contributed by atoms with van der Waals surface area (Å²) >= 11 is 1.68. The summed E-state index contributed by atoms with van der Waals surface area (Å²) < 4.78 is 5.29. The highest BCUT2D eigenvalue weighted by molar-refractivity contribution is 7.12. The molecule has 1 aromatic rings. The van der Waals surface area contributed by atoms with Crippen LogP contribution in [-0.2, 0) is 20.7 Å². The van der Waals surface area contributed by atoms with Gasteiger partial charge in [0.15, 0.2) is 5.78 Å². The van der Waals surface area contributed by atoms with Gasteiger partial charge in [0.05, 0.1) is 18.1 Å². The highest BCUT2D eigenvalue weighted by Crippen LogP contribution is 2.44. The molecule has 3 rings (SSSR count). The van der Waals surface area contributed by atoms with E-state index in [1.54, 1.807) is 18.3 Å². The van der Waals surface area contributed by atoms with Crippen molar-refractivity contribution in [3.8, 4) is 0 Å². The molecular formula is C19H23NO3S. The van der Waals surface area contributed by atoms with Crippen molar-refractivity contribution in [3.05, 3.63) is 44.4 Å². The second-order valence-electron chi connectivity index (χ2n) is 6.14. The standard InChI is InChI=1S/C19H23NO3S/c1-4-12-9-10-15(24-12)18-16(19(22)23-5-2)11(3)20-13-7-6-8-14(21)17(13)18/h9-10,18,20H,4-8H2,1-3H3/t18-/m1/s1. The molecule has 128 valence electrons. The molecule has 0 saturated carbocycles. The molecule has 1 aromatic heterocycles. The predicted molar refractivity (Wildman–Crippen MR) is 94.8 cm³/mol. The van der Waals surface area contributed by atoms with Crippen molar-refractivity contribution >= 4 is 23.1 Å². The number of hydrogen-bond acceptors (Lipinski definition) is 5. The first-order valence-electron chi connectivity index (χ1n) is 8.56. The molecule has 0 unspecified atom stereocenters. The van der Waals surface area contributed by atoms with Crippen molar-refractivity contribution in [2.75, 3.05) is 6.61 Å². The molecule has 0 spiro atoms. The minimum atomic E-state index is -0.330. The normalized spacial score (nSPS) is 20.8. The van der Waals surface area contributed by atoms with Crippen molar-refractivity contribution in [1.29, 1.82) is 0 Å². The fourth-order valence-electron chi connectivity index (χ4n) is 3.49. The van der Waals surface area contributed by atoms with Gasteiger partial charge in [-0.05, 0) is 45.2 Å². The van der Waals surface area contributed by atoms with E-state index in [0.717, 1.165) is 41.1 Å². The monoisotopic (exact) mass is 345 g/mol. The Bertz CT molecular complexity index is 742. The van der Waals surface area contributed by atoms with E-state index in [-0.39, 0.29) is 17.7 Å². The lowest BCUT2D eigenvalue weighted by molar-refractivity contribution is -0.138. The summed E-state index contributed by atoms with van der Waals surface area (Å²) in [5.41, 5.74) is 3.13. The number of Topliss-reactive ketones (excluding diaryl/α,β-unsaturated/α-hetero) is 1. The Balaban J connectivity index is 2.13. The topological polar surface area (TPSA) is 55.4 Å². The summed E-state index contributed by atoms with van der Waals surface area (Å²) in [4.78, 5) is 27.6. The highest BCUT2D eigenvalue weighted by atomic mass is 32.1. The van der Waals surface area contributed by atoms with Crippen molar-refractivity contribution in [2.24, 2.45) is 0 Å². The zero-order valence-electron chi connectivity index (χ0n) is 14.4. The van der Waals surface area contributed by atoms with E-state index in [0.29, 0.717) is 18.6 Å². The molecular weight excluding hydrogens is 322 g/mol. The van der Waals surface area contributed by atoms with Crippen LogP contribution in [0.5, 0.6) is 0 Å². The van der Waals surface area contributed by atoms with E-state index in [2.05, 4.69) is 24.4 Å². The van der Waals surface area contributed by atoms with Crippen LogP contribution in [0.1, 0.15) is 55.7 Å². The predicted octanol–water partition coefficient (Wildman–Crippen LogP) is 3.84. The maximum atomic E-state index is 12.7. The third kappa shape index (κ3) is 2.93. The van der Waals surface area contributed by atoms with E-state index in [1.165, 1.54) is 4.88 Å². The number of carbonyl (C=O) groups is 2. The van der Waals surface area contributed by atoms with E-state index in [9.17, 15) is 9.59 Å². The van der Waals surface area contributed by atoms with Crippen LogP contribution in [0.3, 0.4) is 0 Å². The van der Waals surface area contributed by atoms with Crippen LogP contribution in [0.4, 0.5) is 0 Å². The molecule has 1 atom stereocenters. The fourth-order valence-corrected chi connectivity index (χ4v) is 4.56. The molecule has 1 aliphatic heterocycles. The van der Waals surface area contributed by atoms with Gasteiger partial charge in [0.2, 0.25) is 0 Å². The molecule has 2 aliphatic rings. The Hall–Kier alpha value is -1.88. The molecule has 0 radical (unpaired) electrons. The zero-order valence-corrected chi connectivity index (χ0v) is 15.2. The number of allylic oxidation sites excluding steroid dienone is 3. The third-order valence-electron chi connectivity index (χ3n) is 4.59. The van der Waals surface area contributed by atoms with Crippen molar-refractivity contribution in [3.63, 3.8) is 0 Å². The van der Waals surface area contributed by atoms with E-state index in [1.807, 2.05) is 6.92 Å². The molecule has 0 amide bonds. The first-order chi connectivity index (χ1) is 11.6. The number of esters is 1. The Morgan fingerprint density at radius 3 is 2.79 bits per heavy atom. The average Bonchev–Trinajstić information content (AvgIpc) is 3.02. The number of ketones is 1. The van der Waals surface area contributed by atoms with Crippen LogP contribution in [0.25, 0.3) is 0 Å². The molecule has 1 N–H and O–H groups in total. The van der Waals surface area contributed by atoms with Gasteiger partial charge in [0, 0.05) is 33.1 Å². The molecule has 0 fully saturated rings. The molecule has 24 heavy (non-hydrogen) atoms. The molecule has 0 aromatic carbocycles. The first-order valence-corrected chi connectivity index (χ1v) is 9.38. The van der Waals surface area contributed by atoms with Crippen LogP contribution >= 0.6 is 11.3 Å². The summed E-state index contributed by atoms with van der Waals surface area (Å²) in [5, 5.41) is 3.30. The molecule has 0 saturated heterocycles. The van der Waals surface area contributed by atoms with Crippen LogP contribution in [0.15, 0.2) is 34.7 Å². The van der Waals surface area contributed by atoms with Gasteiger partial charge in [-0.15, -0.1) is 11.3 Å². The molecule has 1 aliphatic carbocycles. The molecule has 5 heteroatoms. The minimum absolute atomic E-state index is 0.148. The number of nitrogens with one attached hydrogen (secondary N) is 1. The summed E-state index contributed by atoms with van der Waals surface area (Å²) in [5.74, 6) is -0.475. The zero-order chi connectivity index (χ0) is 17.3. The largest absolute Gasteiger partial charge is 0.463 e. The van der Waals surface area contributed by atoms with Gasteiger partial charge in [-0.1, -0.05) is 6.92 Å². The lowest BCUT2D eigenvalue weighted by Gasteiger charge is -2.33. The van der Waals surface area contributed by atoms with E-state index < -0.39 is 0 Å². The Morgan fingerprint density at radius 1 is 1.33 bits per heavy atom. The van der Waals surface area contributed by atoms with E-state index in [4.69, 9.17) is 4.74 Å². The fraction of sp³-hybridized carbons (Fsp3) is 0.474.